The number of nitrogen functional groups attached to an aromatic ring is 1. The second-order valence-electron chi connectivity index (χ2n) is 4.39. The summed E-state index contributed by atoms with van der Waals surface area (Å²) in [7, 11) is 0. The van der Waals surface area contributed by atoms with Gasteiger partial charge in [0.2, 0.25) is 0 Å². The fraction of sp³-hybridized carbons (Fsp3) is 0.538. The van der Waals surface area contributed by atoms with Gasteiger partial charge in [-0.15, -0.1) is 0 Å². The summed E-state index contributed by atoms with van der Waals surface area (Å²) in [4.78, 5) is 2.50. The van der Waals surface area contributed by atoms with Crippen LogP contribution in [0.2, 0.25) is 0 Å². The fourth-order valence-electron chi connectivity index (χ4n) is 2.36. The van der Waals surface area contributed by atoms with Crippen LogP contribution in [0.5, 0.6) is 0 Å². The molecule has 1 unspecified atom stereocenters. The predicted molar refractivity (Wildman–Crippen MR) is 69.8 cm³/mol. The van der Waals surface area contributed by atoms with Gasteiger partial charge >= 0.3 is 0 Å². The van der Waals surface area contributed by atoms with E-state index in [9.17, 15) is 0 Å². The lowest BCUT2D eigenvalue weighted by Crippen LogP contribution is -2.35. The van der Waals surface area contributed by atoms with Gasteiger partial charge in [0.05, 0.1) is 0 Å². The molecule has 0 bridgehead atoms. The van der Waals surface area contributed by atoms with E-state index in [0.29, 0.717) is 6.04 Å². The quantitative estimate of drug-likeness (QED) is 0.746. The molecule has 88 valence electrons. The van der Waals surface area contributed by atoms with Crippen molar-refractivity contribution in [2.45, 2.75) is 25.8 Å². The zero-order chi connectivity index (χ0) is 11.4. The fourth-order valence-corrected chi connectivity index (χ4v) is 2.36. The van der Waals surface area contributed by atoms with Gasteiger partial charge in [0.25, 0.3) is 0 Å². The van der Waals surface area contributed by atoms with Gasteiger partial charge in [-0.1, -0.05) is 6.92 Å². The van der Waals surface area contributed by atoms with Gasteiger partial charge in [-0.25, -0.2) is 0 Å². The lowest BCUT2D eigenvalue weighted by molar-refractivity contribution is 0.569. The van der Waals surface area contributed by atoms with Crippen LogP contribution < -0.4 is 16.0 Å². The summed E-state index contributed by atoms with van der Waals surface area (Å²) in [6.45, 7) is 5.55. The Balaban J connectivity index is 2.18. The molecular formula is C13H21N3. The molecule has 0 aromatic heterocycles. The maximum Gasteiger partial charge on any atom is 0.0370 e. The molecule has 16 heavy (non-hydrogen) atoms. The van der Waals surface area contributed by atoms with Crippen molar-refractivity contribution in [3.63, 3.8) is 0 Å². The van der Waals surface area contributed by atoms with Crippen LogP contribution in [0.3, 0.4) is 0 Å². The van der Waals surface area contributed by atoms with E-state index in [1.54, 1.807) is 0 Å². The van der Waals surface area contributed by atoms with Crippen molar-refractivity contribution in [1.29, 1.82) is 0 Å². The second kappa shape index (κ2) is 5.21. The van der Waals surface area contributed by atoms with Crippen LogP contribution in [0, 0.1) is 0 Å². The minimum absolute atomic E-state index is 0.652. The highest BCUT2D eigenvalue weighted by Gasteiger charge is 2.19. The molecule has 1 saturated heterocycles. The Morgan fingerprint density at radius 1 is 1.31 bits per heavy atom. The third-order valence-corrected chi connectivity index (χ3v) is 3.32. The Labute approximate surface area is 97.6 Å². The van der Waals surface area contributed by atoms with Crippen LogP contribution >= 0.6 is 0 Å². The Bertz CT molecular complexity index is 320. The lowest BCUT2D eigenvalue weighted by atomic mass is 10.1. The number of hydrogen-bond donors (Lipinski definition) is 2. The highest BCUT2D eigenvalue weighted by atomic mass is 15.2. The van der Waals surface area contributed by atoms with Gasteiger partial charge in [-0.3, -0.25) is 0 Å². The van der Waals surface area contributed by atoms with Crippen LogP contribution in [-0.2, 0) is 0 Å². The SMILES string of the molecule is CCC1CCNCCN1c1ccc(N)cc1. The summed E-state index contributed by atoms with van der Waals surface area (Å²) < 4.78 is 0. The van der Waals surface area contributed by atoms with Gasteiger partial charge in [0, 0.05) is 30.5 Å². The summed E-state index contributed by atoms with van der Waals surface area (Å²) in [5.41, 5.74) is 7.86. The molecule has 1 atom stereocenters. The number of benzene rings is 1. The highest BCUT2D eigenvalue weighted by molar-refractivity contribution is 5.53. The number of rotatable bonds is 2. The maximum absolute atomic E-state index is 5.72. The van der Waals surface area contributed by atoms with E-state index in [0.717, 1.165) is 25.3 Å². The zero-order valence-electron chi connectivity index (χ0n) is 9.95. The van der Waals surface area contributed by atoms with Gasteiger partial charge in [-0.05, 0) is 43.7 Å². The summed E-state index contributed by atoms with van der Waals surface area (Å²) in [6.07, 6.45) is 2.42. The predicted octanol–water partition coefficient (Wildman–Crippen LogP) is 1.85. The first-order valence-electron chi connectivity index (χ1n) is 6.14. The number of nitrogens with zero attached hydrogens (tertiary/aromatic N) is 1. The van der Waals surface area contributed by atoms with Gasteiger partial charge < -0.3 is 16.0 Å². The Kier molecular flexibility index (Phi) is 3.67. The highest BCUT2D eigenvalue weighted by Crippen LogP contribution is 2.22. The normalized spacial score (nSPS) is 21.8. The average molecular weight is 219 g/mol. The average Bonchev–Trinajstić information content (AvgIpc) is 2.55. The van der Waals surface area contributed by atoms with Crippen molar-refractivity contribution < 1.29 is 0 Å². The lowest BCUT2D eigenvalue weighted by Gasteiger charge is -2.31. The van der Waals surface area contributed by atoms with Crippen molar-refractivity contribution in [3.05, 3.63) is 24.3 Å². The zero-order valence-corrected chi connectivity index (χ0v) is 9.95. The minimum atomic E-state index is 0.652. The molecule has 1 aliphatic heterocycles. The summed E-state index contributed by atoms with van der Waals surface area (Å²) in [6, 6.07) is 8.88. The van der Waals surface area contributed by atoms with Crippen LogP contribution in [0.1, 0.15) is 19.8 Å². The molecule has 2 rings (SSSR count). The van der Waals surface area contributed by atoms with E-state index >= 15 is 0 Å². The first kappa shape index (κ1) is 11.3. The molecule has 3 nitrogen and oxygen atoms in total. The molecule has 1 aliphatic rings. The molecule has 3 heteroatoms. The molecule has 0 aliphatic carbocycles. The molecule has 0 amide bonds. The van der Waals surface area contributed by atoms with Crippen LogP contribution in [0.25, 0.3) is 0 Å². The molecule has 1 aromatic rings. The van der Waals surface area contributed by atoms with E-state index in [4.69, 9.17) is 5.73 Å². The Morgan fingerprint density at radius 2 is 2.06 bits per heavy atom. The van der Waals surface area contributed by atoms with Crippen LogP contribution in [0.15, 0.2) is 24.3 Å². The molecule has 3 N–H and O–H groups in total. The summed E-state index contributed by atoms with van der Waals surface area (Å²) in [5.74, 6) is 0. The van der Waals surface area contributed by atoms with E-state index in [1.807, 2.05) is 12.1 Å². The van der Waals surface area contributed by atoms with Crippen molar-refractivity contribution in [3.8, 4) is 0 Å². The smallest absolute Gasteiger partial charge is 0.0370 e. The van der Waals surface area contributed by atoms with Crippen LogP contribution in [0.4, 0.5) is 11.4 Å². The van der Waals surface area contributed by atoms with Crippen molar-refractivity contribution >= 4 is 11.4 Å². The summed E-state index contributed by atoms with van der Waals surface area (Å²) in [5, 5.41) is 3.46. The third kappa shape index (κ3) is 2.47. The van der Waals surface area contributed by atoms with E-state index in [1.165, 1.54) is 18.5 Å². The molecule has 1 heterocycles. The molecule has 1 fully saturated rings. The number of hydrogen-bond acceptors (Lipinski definition) is 3. The van der Waals surface area contributed by atoms with Gasteiger partial charge in [0.15, 0.2) is 0 Å². The third-order valence-electron chi connectivity index (χ3n) is 3.32. The number of nitrogens with one attached hydrogen (secondary N) is 1. The molecule has 0 saturated carbocycles. The topological polar surface area (TPSA) is 41.3 Å². The van der Waals surface area contributed by atoms with E-state index < -0.39 is 0 Å². The first-order valence-corrected chi connectivity index (χ1v) is 6.14. The standard InChI is InChI=1S/C13H21N3/c1-2-12-7-8-15-9-10-16(12)13-5-3-11(14)4-6-13/h3-6,12,15H,2,7-10,14H2,1H3. The minimum Gasteiger partial charge on any atom is -0.399 e. The second-order valence-corrected chi connectivity index (χ2v) is 4.39. The Morgan fingerprint density at radius 3 is 2.75 bits per heavy atom. The molecule has 0 spiro atoms. The first-order chi connectivity index (χ1) is 7.81. The monoisotopic (exact) mass is 219 g/mol. The van der Waals surface area contributed by atoms with Crippen LogP contribution in [-0.4, -0.2) is 25.7 Å². The van der Waals surface area contributed by atoms with Gasteiger partial charge in [-0.2, -0.15) is 0 Å². The van der Waals surface area contributed by atoms with Gasteiger partial charge in [0.1, 0.15) is 0 Å². The summed E-state index contributed by atoms with van der Waals surface area (Å²) >= 11 is 0. The number of nitrogens with two attached hydrogens (primary N) is 1. The van der Waals surface area contributed by atoms with E-state index in [2.05, 4.69) is 29.3 Å². The maximum atomic E-state index is 5.72. The molecular weight excluding hydrogens is 198 g/mol. The van der Waals surface area contributed by atoms with Crippen molar-refractivity contribution in [2.75, 3.05) is 30.3 Å². The van der Waals surface area contributed by atoms with Crippen molar-refractivity contribution in [1.82, 2.24) is 5.32 Å². The Hall–Kier alpha value is -1.22. The van der Waals surface area contributed by atoms with Crippen molar-refractivity contribution in [2.24, 2.45) is 0 Å². The van der Waals surface area contributed by atoms with E-state index in [-0.39, 0.29) is 0 Å². The molecule has 1 aromatic carbocycles. The largest absolute Gasteiger partial charge is 0.399 e. The number of anilines is 2. The molecule has 0 radical (unpaired) electrons.